The fraction of sp³-hybridized carbons (Fsp3) is 0.0714. The summed E-state index contributed by atoms with van der Waals surface area (Å²) < 4.78 is 1.69. The predicted octanol–water partition coefficient (Wildman–Crippen LogP) is 2.26. The topological polar surface area (TPSA) is 59.8 Å². The summed E-state index contributed by atoms with van der Waals surface area (Å²) in [5.74, 6) is -0.115. The fourth-order valence-electron chi connectivity index (χ4n) is 1.76. The molecule has 0 aliphatic carbocycles. The standard InChI is InChI=1S/C14H12N4OS/c19-14(11-4-2-1-3-5-11)15-8-12-9-18(17-16-12)13-6-7-20-10-13/h1-7,9-10H,8H2,(H,15,19). The quantitative estimate of drug-likeness (QED) is 0.799. The minimum atomic E-state index is -0.115. The Morgan fingerprint density at radius 2 is 2.10 bits per heavy atom. The Balaban J connectivity index is 1.63. The molecule has 2 aromatic heterocycles. The molecule has 1 N–H and O–H groups in total. The Morgan fingerprint density at radius 3 is 2.85 bits per heavy atom. The van der Waals surface area contributed by atoms with E-state index >= 15 is 0 Å². The van der Waals surface area contributed by atoms with Crippen molar-refractivity contribution in [3.8, 4) is 5.69 Å². The van der Waals surface area contributed by atoms with Crippen molar-refractivity contribution in [1.82, 2.24) is 20.3 Å². The van der Waals surface area contributed by atoms with Crippen molar-refractivity contribution in [2.24, 2.45) is 0 Å². The van der Waals surface area contributed by atoms with Gasteiger partial charge >= 0.3 is 0 Å². The van der Waals surface area contributed by atoms with Crippen LogP contribution in [0.15, 0.2) is 53.4 Å². The number of carbonyl (C=O) groups is 1. The van der Waals surface area contributed by atoms with E-state index in [0.29, 0.717) is 12.1 Å². The molecule has 100 valence electrons. The highest BCUT2D eigenvalue weighted by molar-refractivity contribution is 7.08. The van der Waals surface area contributed by atoms with Crippen LogP contribution in [0, 0.1) is 0 Å². The van der Waals surface area contributed by atoms with Crippen LogP contribution in [-0.4, -0.2) is 20.9 Å². The lowest BCUT2D eigenvalue weighted by Crippen LogP contribution is -2.22. The molecule has 2 heterocycles. The summed E-state index contributed by atoms with van der Waals surface area (Å²) in [7, 11) is 0. The number of rotatable bonds is 4. The molecule has 0 fully saturated rings. The number of hydrogen-bond acceptors (Lipinski definition) is 4. The van der Waals surface area contributed by atoms with Crippen molar-refractivity contribution in [2.75, 3.05) is 0 Å². The van der Waals surface area contributed by atoms with Crippen molar-refractivity contribution < 1.29 is 4.79 Å². The lowest BCUT2D eigenvalue weighted by molar-refractivity contribution is 0.0950. The summed E-state index contributed by atoms with van der Waals surface area (Å²) >= 11 is 1.60. The summed E-state index contributed by atoms with van der Waals surface area (Å²) in [5.41, 5.74) is 2.33. The summed E-state index contributed by atoms with van der Waals surface area (Å²) in [4.78, 5) is 11.9. The van der Waals surface area contributed by atoms with Gasteiger partial charge in [0.05, 0.1) is 18.4 Å². The highest BCUT2D eigenvalue weighted by atomic mass is 32.1. The number of thiophene rings is 1. The number of nitrogens with zero attached hydrogens (tertiary/aromatic N) is 3. The second-order valence-electron chi connectivity index (χ2n) is 4.18. The van der Waals surface area contributed by atoms with E-state index in [1.807, 2.05) is 41.2 Å². The molecule has 0 aliphatic heterocycles. The zero-order valence-corrected chi connectivity index (χ0v) is 11.4. The first-order valence-electron chi connectivity index (χ1n) is 6.10. The number of aromatic nitrogens is 3. The number of amides is 1. The third kappa shape index (κ3) is 2.75. The highest BCUT2D eigenvalue weighted by Gasteiger charge is 2.07. The van der Waals surface area contributed by atoms with Gasteiger partial charge in [-0.15, -0.1) is 5.10 Å². The first-order chi connectivity index (χ1) is 9.83. The largest absolute Gasteiger partial charge is 0.346 e. The summed E-state index contributed by atoms with van der Waals surface area (Å²) in [6.07, 6.45) is 1.81. The maximum absolute atomic E-state index is 11.9. The van der Waals surface area contributed by atoms with Gasteiger partial charge in [-0.05, 0) is 23.6 Å². The lowest BCUT2D eigenvalue weighted by Gasteiger charge is -2.02. The fourth-order valence-corrected chi connectivity index (χ4v) is 2.38. The molecule has 0 spiro atoms. The molecule has 20 heavy (non-hydrogen) atoms. The third-order valence-electron chi connectivity index (χ3n) is 2.78. The average molecular weight is 284 g/mol. The van der Waals surface area contributed by atoms with E-state index in [-0.39, 0.29) is 5.91 Å². The normalized spacial score (nSPS) is 10.4. The van der Waals surface area contributed by atoms with Crippen LogP contribution >= 0.6 is 11.3 Å². The minimum Gasteiger partial charge on any atom is -0.346 e. The van der Waals surface area contributed by atoms with Gasteiger partial charge in [0, 0.05) is 10.9 Å². The number of benzene rings is 1. The Bertz CT molecular complexity index is 691. The smallest absolute Gasteiger partial charge is 0.251 e. The third-order valence-corrected chi connectivity index (χ3v) is 3.45. The van der Waals surface area contributed by atoms with Crippen LogP contribution in [0.5, 0.6) is 0 Å². The molecule has 0 bridgehead atoms. The van der Waals surface area contributed by atoms with Gasteiger partial charge in [-0.3, -0.25) is 4.79 Å². The molecule has 0 atom stereocenters. The number of carbonyl (C=O) groups excluding carboxylic acids is 1. The van der Waals surface area contributed by atoms with Gasteiger partial charge < -0.3 is 5.32 Å². The molecule has 6 heteroatoms. The van der Waals surface area contributed by atoms with E-state index in [0.717, 1.165) is 11.4 Å². The second-order valence-corrected chi connectivity index (χ2v) is 4.96. The van der Waals surface area contributed by atoms with Crippen LogP contribution in [0.25, 0.3) is 5.69 Å². The van der Waals surface area contributed by atoms with Crippen molar-refractivity contribution in [3.63, 3.8) is 0 Å². The van der Waals surface area contributed by atoms with E-state index in [1.54, 1.807) is 28.2 Å². The van der Waals surface area contributed by atoms with E-state index in [2.05, 4.69) is 15.6 Å². The molecule has 1 aromatic carbocycles. The summed E-state index contributed by atoms with van der Waals surface area (Å²) in [6, 6.07) is 11.1. The van der Waals surface area contributed by atoms with Gasteiger partial charge in [0.15, 0.2) is 0 Å². The lowest BCUT2D eigenvalue weighted by atomic mass is 10.2. The average Bonchev–Trinajstić information content (AvgIpc) is 3.16. The van der Waals surface area contributed by atoms with Crippen molar-refractivity contribution in [3.05, 3.63) is 64.6 Å². The van der Waals surface area contributed by atoms with Crippen LogP contribution in [0.3, 0.4) is 0 Å². The first-order valence-corrected chi connectivity index (χ1v) is 7.04. The monoisotopic (exact) mass is 284 g/mol. The zero-order chi connectivity index (χ0) is 13.8. The zero-order valence-electron chi connectivity index (χ0n) is 10.6. The summed E-state index contributed by atoms with van der Waals surface area (Å²) in [5, 5.41) is 14.9. The molecule has 3 rings (SSSR count). The summed E-state index contributed by atoms with van der Waals surface area (Å²) in [6.45, 7) is 0.359. The predicted molar refractivity (Wildman–Crippen MR) is 76.8 cm³/mol. The number of nitrogens with one attached hydrogen (secondary N) is 1. The highest BCUT2D eigenvalue weighted by Crippen LogP contribution is 2.10. The van der Waals surface area contributed by atoms with E-state index < -0.39 is 0 Å². The van der Waals surface area contributed by atoms with E-state index in [9.17, 15) is 4.79 Å². The molecular weight excluding hydrogens is 272 g/mol. The molecule has 0 aliphatic rings. The first kappa shape index (κ1) is 12.6. The Labute approximate surface area is 119 Å². The van der Waals surface area contributed by atoms with Gasteiger partial charge in [0.1, 0.15) is 5.69 Å². The van der Waals surface area contributed by atoms with Crippen LogP contribution in [-0.2, 0) is 6.54 Å². The molecule has 5 nitrogen and oxygen atoms in total. The Morgan fingerprint density at radius 1 is 1.25 bits per heavy atom. The van der Waals surface area contributed by atoms with Gasteiger partial charge in [0.25, 0.3) is 5.91 Å². The van der Waals surface area contributed by atoms with E-state index in [1.165, 1.54) is 0 Å². The molecule has 1 amide bonds. The van der Waals surface area contributed by atoms with Crippen molar-refractivity contribution in [2.45, 2.75) is 6.54 Å². The van der Waals surface area contributed by atoms with Crippen LogP contribution < -0.4 is 5.32 Å². The number of hydrogen-bond donors (Lipinski definition) is 1. The van der Waals surface area contributed by atoms with Crippen LogP contribution in [0.1, 0.15) is 16.1 Å². The second kappa shape index (κ2) is 5.66. The molecular formula is C14H12N4OS. The van der Waals surface area contributed by atoms with Gasteiger partial charge in [0.2, 0.25) is 0 Å². The Hall–Kier alpha value is -2.47. The maximum Gasteiger partial charge on any atom is 0.251 e. The maximum atomic E-state index is 11.9. The van der Waals surface area contributed by atoms with Crippen molar-refractivity contribution >= 4 is 17.2 Å². The molecule has 0 saturated heterocycles. The van der Waals surface area contributed by atoms with Gasteiger partial charge in [-0.2, -0.15) is 11.3 Å². The van der Waals surface area contributed by atoms with Gasteiger partial charge in [-0.1, -0.05) is 23.4 Å². The van der Waals surface area contributed by atoms with Crippen LogP contribution in [0.2, 0.25) is 0 Å². The van der Waals surface area contributed by atoms with Crippen molar-refractivity contribution in [1.29, 1.82) is 0 Å². The molecule has 0 saturated carbocycles. The molecule has 0 unspecified atom stereocenters. The Kier molecular flexibility index (Phi) is 3.56. The SMILES string of the molecule is O=C(NCc1cn(-c2ccsc2)nn1)c1ccccc1. The minimum absolute atomic E-state index is 0.115. The molecule has 3 aromatic rings. The van der Waals surface area contributed by atoms with Crippen LogP contribution in [0.4, 0.5) is 0 Å². The van der Waals surface area contributed by atoms with E-state index in [4.69, 9.17) is 0 Å². The molecule has 0 radical (unpaired) electrons. The van der Waals surface area contributed by atoms with Gasteiger partial charge in [-0.25, -0.2) is 4.68 Å².